The van der Waals surface area contributed by atoms with Gasteiger partial charge in [-0.25, -0.2) is 0 Å². The largest absolute Gasteiger partial charge is 0.497 e. The minimum absolute atomic E-state index is 0.0911. The van der Waals surface area contributed by atoms with Crippen molar-refractivity contribution in [2.45, 2.75) is 40.3 Å². The van der Waals surface area contributed by atoms with Gasteiger partial charge in [-0.15, -0.1) is 0 Å². The maximum atomic E-state index is 12.6. The van der Waals surface area contributed by atoms with E-state index in [-0.39, 0.29) is 11.6 Å². The molecule has 0 aliphatic carbocycles. The molecule has 0 saturated heterocycles. The molecule has 0 bridgehead atoms. The van der Waals surface area contributed by atoms with E-state index in [0.29, 0.717) is 0 Å². The average molecular weight is 310 g/mol. The molecule has 1 amide bonds. The smallest absolute Gasteiger partial charge is 0.264 e. The number of hydrogen-bond donors (Lipinski definition) is 1. The lowest BCUT2D eigenvalue weighted by molar-refractivity contribution is -0.115. The van der Waals surface area contributed by atoms with Gasteiger partial charge in [0.05, 0.1) is 19.4 Å². The minimum Gasteiger partial charge on any atom is -0.497 e. The number of carbonyl (C=O) groups is 1. The van der Waals surface area contributed by atoms with Crippen molar-refractivity contribution in [3.8, 4) is 5.75 Å². The Morgan fingerprint density at radius 1 is 1.24 bits per heavy atom. The Bertz CT molecular complexity index is 487. The van der Waals surface area contributed by atoms with Gasteiger partial charge in [-0.1, -0.05) is 0 Å². The van der Waals surface area contributed by atoms with Gasteiger partial charge in [0.15, 0.2) is 0 Å². The third-order valence-electron chi connectivity index (χ3n) is 4.75. The van der Waals surface area contributed by atoms with Crippen LogP contribution in [0.25, 0.3) is 0 Å². The molecule has 0 aliphatic heterocycles. The molecule has 0 heterocycles. The molecule has 1 unspecified atom stereocenters. The van der Waals surface area contributed by atoms with Crippen molar-refractivity contribution in [1.82, 2.24) is 0 Å². The molecule has 1 aromatic carbocycles. The Kier molecular flexibility index (Phi) is 6.22. The molecule has 0 aliphatic rings. The Morgan fingerprint density at radius 2 is 1.71 bits per heavy atom. The second-order valence-corrected chi connectivity index (χ2v) is 10.9. The van der Waals surface area contributed by atoms with Gasteiger partial charge in [-0.05, 0) is 57.9 Å². The first kappa shape index (κ1) is 18.0. The number of amides is 1. The van der Waals surface area contributed by atoms with Crippen molar-refractivity contribution in [1.29, 1.82) is 0 Å². The highest BCUT2D eigenvalue weighted by Gasteiger charge is 2.39. The summed E-state index contributed by atoms with van der Waals surface area (Å²) in [5.41, 5.74) is 3.10. The zero-order valence-corrected chi connectivity index (χ0v) is 15.3. The molecule has 1 rings (SSSR count). The van der Waals surface area contributed by atoms with E-state index in [1.165, 1.54) is 0 Å². The number of nitrogens with one attached hydrogen (secondary N) is 1. The number of benzene rings is 1. The molecule has 21 heavy (non-hydrogen) atoms. The number of ether oxygens (including phenoxy) is 1. The number of hydrogen-bond acceptors (Lipinski definition) is 2. The summed E-state index contributed by atoms with van der Waals surface area (Å²) >= 11 is 0. The molecular formula is C17H29NO2P+. The summed E-state index contributed by atoms with van der Waals surface area (Å²) in [6.07, 6.45) is 2.22. The maximum absolute atomic E-state index is 12.6. The van der Waals surface area contributed by atoms with Crippen LogP contribution in [0.2, 0.25) is 0 Å². The van der Waals surface area contributed by atoms with E-state index >= 15 is 0 Å². The summed E-state index contributed by atoms with van der Waals surface area (Å²) in [6.45, 7) is 12.8. The third-order valence-corrected chi connectivity index (χ3v) is 9.74. The summed E-state index contributed by atoms with van der Waals surface area (Å²) in [6, 6.07) is 3.92. The standard InChI is InChI=1S/C17H28NO2P/c1-8-21(7,9-2)14(5)17(19)18-16-12(3)10-15(20-6)11-13(16)4/h10-11,14H,8-9H2,1-7H3/p+1. The average Bonchev–Trinajstić information content (AvgIpc) is 2.48. The van der Waals surface area contributed by atoms with Gasteiger partial charge in [-0.2, -0.15) is 0 Å². The Labute approximate surface area is 129 Å². The molecule has 4 heteroatoms. The zero-order chi connectivity index (χ0) is 16.2. The van der Waals surface area contributed by atoms with Crippen molar-refractivity contribution in [3.05, 3.63) is 23.3 Å². The second kappa shape index (κ2) is 7.26. The normalized spacial score (nSPS) is 12.9. The summed E-state index contributed by atoms with van der Waals surface area (Å²) < 4.78 is 5.27. The molecule has 0 spiro atoms. The highest BCUT2D eigenvalue weighted by Crippen LogP contribution is 2.59. The fourth-order valence-electron chi connectivity index (χ4n) is 2.52. The minimum atomic E-state index is -1.20. The highest BCUT2D eigenvalue weighted by molar-refractivity contribution is 7.76. The van der Waals surface area contributed by atoms with Crippen LogP contribution in [-0.4, -0.2) is 37.7 Å². The first-order chi connectivity index (χ1) is 9.78. The molecule has 3 nitrogen and oxygen atoms in total. The predicted octanol–water partition coefficient (Wildman–Crippen LogP) is 4.33. The van der Waals surface area contributed by atoms with Gasteiger partial charge in [-0.3, -0.25) is 4.79 Å². The van der Waals surface area contributed by atoms with Crippen molar-refractivity contribution < 1.29 is 9.53 Å². The number of aryl methyl sites for hydroxylation is 2. The van der Waals surface area contributed by atoms with Crippen molar-refractivity contribution >= 4 is 18.9 Å². The van der Waals surface area contributed by atoms with E-state index in [1.807, 2.05) is 26.0 Å². The van der Waals surface area contributed by atoms with E-state index in [9.17, 15) is 4.79 Å². The second-order valence-electron chi connectivity index (χ2n) is 5.91. The van der Waals surface area contributed by atoms with Gasteiger partial charge < -0.3 is 10.1 Å². The fraction of sp³-hybridized carbons (Fsp3) is 0.588. The van der Waals surface area contributed by atoms with Gasteiger partial charge >= 0.3 is 0 Å². The number of rotatable bonds is 6. The van der Waals surface area contributed by atoms with Crippen molar-refractivity contribution in [2.24, 2.45) is 0 Å². The highest BCUT2D eigenvalue weighted by atomic mass is 31.2. The van der Waals surface area contributed by atoms with Crippen LogP contribution in [0.5, 0.6) is 5.75 Å². The van der Waals surface area contributed by atoms with Crippen LogP contribution in [0.1, 0.15) is 31.9 Å². The lowest BCUT2D eigenvalue weighted by Gasteiger charge is -2.26. The molecule has 1 N–H and O–H groups in total. The quantitative estimate of drug-likeness (QED) is 0.794. The summed E-state index contributed by atoms with van der Waals surface area (Å²) in [5.74, 6) is 0.974. The predicted molar refractivity (Wildman–Crippen MR) is 94.5 cm³/mol. The molecule has 0 radical (unpaired) electrons. The molecule has 0 fully saturated rings. The maximum Gasteiger partial charge on any atom is 0.264 e. The third kappa shape index (κ3) is 3.97. The van der Waals surface area contributed by atoms with E-state index < -0.39 is 7.26 Å². The van der Waals surface area contributed by atoms with Crippen molar-refractivity contribution in [3.63, 3.8) is 0 Å². The molecule has 0 aromatic heterocycles. The monoisotopic (exact) mass is 310 g/mol. The summed E-state index contributed by atoms with van der Waals surface area (Å²) in [7, 11) is 0.462. The fourth-order valence-corrected chi connectivity index (χ4v) is 4.69. The van der Waals surface area contributed by atoms with E-state index in [4.69, 9.17) is 4.74 Å². The van der Waals surface area contributed by atoms with Crippen LogP contribution in [0.15, 0.2) is 12.1 Å². The molecular weight excluding hydrogens is 281 g/mol. The van der Waals surface area contributed by atoms with Gasteiger partial charge in [0.2, 0.25) is 0 Å². The topological polar surface area (TPSA) is 38.3 Å². The first-order valence-corrected chi connectivity index (χ1v) is 10.3. The molecule has 1 aromatic rings. The Hall–Kier alpha value is -1.08. The van der Waals surface area contributed by atoms with Crippen molar-refractivity contribution in [2.75, 3.05) is 31.4 Å². The summed E-state index contributed by atoms with van der Waals surface area (Å²) in [5, 5.41) is 3.14. The van der Waals surface area contributed by atoms with Crippen LogP contribution in [0.3, 0.4) is 0 Å². The number of carbonyl (C=O) groups excluding carboxylic acids is 1. The van der Waals surface area contributed by atoms with Crippen LogP contribution in [0.4, 0.5) is 5.69 Å². The van der Waals surface area contributed by atoms with E-state index in [0.717, 1.165) is 34.9 Å². The first-order valence-electron chi connectivity index (χ1n) is 7.59. The van der Waals surface area contributed by atoms with Crippen LogP contribution < -0.4 is 10.1 Å². The Morgan fingerprint density at radius 3 is 2.10 bits per heavy atom. The van der Waals surface area contributed by atoms with E-state index in [2.05, 4.69) is 32.8 Å². The van der Waals surface area contributed by atoms with Gasteiger partial charge in [0.1, 0.15) is 11.4 Å². The molecule has 118 valence electrons. The van der Waals surface area contributed by atoms with Crippen LogP contribution >= 0.6 is 7.26 Å². The lowest BCUT2D eigenvalue weighted by atomic mass is 10.1. The summed E-state index contributed by atoms with van der Waals surface area (Å²) in [4.78, 5) is 12.6. The van der Waals surface area contributed by atoms with Gasteiger partial charge in [0, 0.05) is 19.6 Å². The van der Waals surface area contributed by atoms with Gasteiger partial charge in [0.25, 0.3) is 5.91 Å². The number of anilines is 1. The molecule has 1 atom stereocenters. The SMILES string of the molecule is CC[P+](C)(CC)C(C)C(=O)Nc1c(C)cc(OC)cc1C. The van der Waals surface area contributed by atoms with Crippen LogP contribution in [0, 0.1) is 13.8 Å². The van der Waals surface area contributed by atoms with Crippen LogP contribution in [-0.2, 0) is 4.79 Å². The Balaban J connectivity index is 2.99. The number of methoxy groups -OCH3 is 1. The zero-order valence-electron chi connectivity index (χ0n) is 14.4. The lowest BCUT2D eigenvalue weighted by Crippen LogP contribution is -2.29. The molecule has 0 saturated carbocycles. The van der Waals surface area contributed by atoms with E-state index in [1.54, 1.807) is 7.11 Å².